The Morgan fingerprint density at radius 1 is 1.00 bits per heavy atom. The zero-order chi connectivity index (χ0) is 19.2. The maximum absolute atomic E-state index is 12.2. The molecule has 0 aliphatic heterocycles. The van der Waals surface area contributed by atoms with E-state index in [0.717, 1.165) is 17.7 Å². The first-order valence-electron chi connectivity index (χ1n) is 8.93. The average molecular weight is 382 g/mol. The smallest absolute Gasteiger partial charge is 0.251 e. The fourth-order valence-electron chi connectivity index (χ4n) is 2.61. The van der Waals surface area contributed by atoms with Gasteiger partial charge in [-0.2, -0.15) is 0 Å². The Morgan fingerprint density at radius 3 is 2.41 bits per heavy atom. The number of benzene rings is 2. The Balaban J connectivity index is 1.51. The van der Waals surface area contributed by atoms with Gasteiger partial charge in [0, 0.05) is 40.6 Å². The Morgan fingerprint density at radius 2 is 1.74 bits per heavy atom. The molecule has 140 valence electrons. The Kier molecular flexibility index (Phi) is 6.29. The molecule has 0 saturated heterocycles. The number of amides is 2. The molecule has 1 saturated carbocycles. The zero-order valence-electron chi connectivity index (χ0n) is 15.2. The molecule has 2 N–H and O–H groups in total. The normalized spacial score (nSPS) is 13.1. The molecule has 3 rings (SSSR count). The summed E-state index contributed by atoms with van der Waals surface area (Å²) in [5.41, 5.74) is 1.68. The second-order valence-electron chi connectivity index (χ2n) is 6.53. The number of carbonyl (C=O) groups excluding carboxylic acids is 3. The lowest BCUT2D eigenvalue weighted by molar-refractivity contribution is -0.116. The van der Waals surface area contributed by atoms with Gasteiger partial charge >= 0.3 is 0 Å². The number of carbonyl (C=O) groups is 3. The van der Waals surface area contributed by atoms with Crippen molar-refractivity contribution in [3.63, 3.8) is 0 Å². The molecule has 0 heterocycles. The van der Waals surface area contributed by atoms with Crippen molar-refractivity contribution in [3.8, 4) is 0 Å². The largest absolute Gasteiger partial charge is 0.349 e. The Bertz CT molecular complexity index is 845. The summed E-state index contributed by atoms with van der Waals surface area (Å²) in [4.78, 5) is 37.5. The Labute approximate surface area is 162 Å². The second-order valence-corrected chi connectivity index (χ2v) is 7.41. The fourth-order valence-corrected chi connectivity index (χ4v) is 3.01. The summed E-state index contributed by atoms with van der Waals surface area (Å²) < 4.78 is 0. The van der Waals surface area contributed by atoms with Gasteiger partial charge in [0.1, 0.15) is 0 Å². The quantitative estimate of drug-likeness (QED) is 0.536. The van der Waals surface area contributed by atoms with Crippen LogP contribution in [0.2, 0.25) is 0 Å². The summed E-state index contributed by atoms with van der Waals surface area (Å²) in [5, 5.41) is 5.68. The number of thioether (sulfide) groups is 1. The molecular formula is C21H22N2O3S. The van der Waals surface area contributed by atoms with Crippen molar-refractivity contribution < 1.29 is 14.4 Å². The van der Waals surface area contributed by atoms with Crippen LogP contribution in [-0.4, -0.2) is 29.9 Å². The maximum atomic E-state index is 12.2. The van der Waals surface area contributed by atoms with E-state index in [1.165, 1.54) is 0 Å². The van der Waals surface area contributed by atoms with E-state index in [1.807, 2.05) is 18.4 Å². The third kappa shape index (κ3) is 5.69. The molecule has 5 nitrogen and oxygen atoms in total. The summed E-state index contributed by atoms with van der Waals surface area (Å²) in [6, 6.07) is 14.5. The third-order valence-corrected chi connectivity index (χ3v) is 5.06. The van der Waals surface area contributed by atoms with E-state index in [1.54, 1.807) is 48.2 Å². The molecule has 0 unspecified atom stereocenters. The molecule has 0 aromatic heterocycles. The van der Waals surface area contributed by atoms with Crippen molar-refractivity contribution in [2.45, 2.75) is 36.6 Å². The monoisotopic (exact) mass is 382 g/mol. The van der Waals surface area contributed by atoms with Crippen LogP contribution in [0.15, 0.2) is 53.4 Å². The highest BCUT2D eigenvalue weighted by atomic mass is 32.2. The van der Waals surface area contributed by atoms with Crippen molar-refractivity contribution in [2.24, 2.45) is 0 Å². The minimum Gasteiger partial charge on any atom is -0.349 e. The molecule has 1 aliphatic rings. The molecule has 0 atom stereocenters. The van der Waals surface area contributed by atoms with E-state index in [9.17, 15) is 14.4 Å². The molecule has 6 heteroatoms. The lowest BCUT2D eigenvalue weighted by atomic mass is 10.1. The van der Waals surface area contributed by atoms with E-state index in [-0.39, 0.29) is 36.5 Å². The molecule has 2 aromatic carbocycles. The first-order valence-corrected chi connectivity index (χ1v) is 10.2. The molecule has 2 amide bonds. The molecule has 1 fully saturated rings. The second kappa shape index (κ2) is 8.86. The zero-order valence-corrected chi connectivity index (χ0v) is 16.0. The lowest BCUT2D eigenvalue weighted by Gasteiger charge is -2.08. The van der Waals surface area contributed by atoms with Crippen LogP contribution in [0.4, 0.5) is 5.69 Å². The first kappa shape index (κ1) is 19.2. The van der Waals surface area contributed by atoms with E-state index in [2.05, 4.69) is 10.6 Å². The number of rotatable bonds is 8. The predicted molar refractivity (Wildman–Crippen MR) is 107 cm³/mol. The summed E-state index contributed by atoms with van der Waals surface area (Å²) in [5.74, 6) is -0.434. The fraction of sp³-hybridized carbons (Fsp3) is 0.286. The maximum Gasteiger partial charge on any atom is 0.251 e. The van der Waals surface area contributed by atoms with E-state index >= 15 is 0 Å². The van der Waals surface area contributed by atoms with Gasteiger partial charge < -0.3 is 10.6 Å². The van der Waals surface area contributed by atoms with Crippen LogP contribution >= 0.6 is 11.8 Å². The van der Waals surface area contributed by atoms with Crippen molar-refractivity contribution in [3.05, 3.63) is 59.7 Å². The highest BCUT2D eigenvalue weighted by Gasteiger charge is 2.23. The number of Topliss-reactive ketones (excluding diaryl/α,β-unsaturated/α-hetero) is 1. The van der Waals surface area contributed by atoms with Crippen molar-refractivity contribution >= 4 is 35.0 Å². The van der Waals surface area contributed by atoms with Gasteiger partial charge in [-0.25, -0.2) is 0 Å². The van der Waals surface area contributed by atoms with Gasteiger partial charge in [0.05, 0.1) is 0 Å². The highest BCUT2D eigenvalue weighted by Crippen LogP contribution is 2.20. The standard InChI is InChI=1S/C21H22N2O3S/c1-27-18-9-5-14(6-10-18)19(24)11-12-20(25)22-17-4-2-3-15(13-17)21(26)23-16-7-8-16/h2-6,9-10,13,16H,7-8,11-12H2,1H3,(H,22,25)(H,23,26). The lowest BCUT2D eigenvalue weighted by Crippen LogP contribution is -2.25. The van der Waals surface area contributed by atoms with Crippen LogP contribution in [-0.2, 0) is 4.79 Å². The molecule has 0 radical (unpaired) electrons. The van der Waals surface area contributed by atoms with Crippen molar-refractivity contribution in [2.75, 3.05) is 11.6 Å². The van der Waals surface area contributed by atoms with Gasteiger partial charge in [-0.15, -0.1) is 11.8 Å². The van der Waals surface area contributed by atoms with Gasteiger partial charge in [0.15, 0.2) is 5.78 Å². The summed E-state index contributed by atoms with van der Waals surface area (Å²) in [6.45, 7) is 0. The molecule has 27 heavy (non-hydrogen) atoms. The summed E-state index contributed by atoms with van der Waals surface area (Å²) in [7, 11) is 0. The van der Waals surface area contributed by atoms with Gasteiger partial charge in [-0.3, -0.25) is 14.4 Å². The van der Waals surface area contributed by atoms with Crippen LogP contribution in [0.1, 0.15) is 46.4 Å². The van der Waals surface area contributed by atoms with Crippen LogP contribution in [0, 0.1) is 0 Å². The van der Waals surface area contributed by atoms with E-state index in [4.69, 9.17) is 0 Å². The molecule has 0 bridgehead atoms. The predicted octanol–water partition coefficient (Wildman–Crippen LogP) is 3.90. The number of nitrogens with one attached hydrogen (secondary N) is 2. The van der Waals surface area contributed by atoms with E-state index in [0.29, 0.717) is 16.8 Å². The van der Waals surface area contributed by atoms with Crippen LogP contribution in [0.25, 0.3) is 0 Å². The minimum absolute atomic E-state index is 0.0598. The first-order chi connectivity index (χ1) is 13.0. The SMILES string of the molecule is CSc1ccc(C(=O)CCC(=O)Nc2cccc(C(=O)NC3CC3)c2)cc1. The van der Waals surface area contributed by atoms with Crippen LogP contribution in [0.3, 0.4) is 0 Å². The summed E-state index contributed by atoms with van der Waals surface area (Å²) >= 11 is 1.61. The number of hydrogen-bond acceptors (Lipinski definition) is 4. The van der Waals surface area contributed by atoms with Crippen molar-refractivity contribution in [1.29, 1.82) is 0 Å². The molecule has 0 spiro atoms. The number of hydrogen-bond donors (Lipinski definition) is 2. The number of ketones is 1. The molecule has 2 aromatic rings. The minimum atomic E-state index is -0.246. The van der Waals surface area contributed by atoms with E-state index < -0.39 is 0 Å². The third-order valence-electron chi connectivity index (χ3n) is 4.31. The number of anilines is 1. The van der Waals surface area contributed by atoms with Gasteiger partial charge in [-0.1, -0.05) is 18.2 Å². The van der Waals surface area contributed by atoms with Crippen LogP contribution < -0.4 is 10.6 Å². The topological polar surface area (TPSA) is 75.3 Å². The molecule has 1 aliphatic carbocycles. The van der Waals surface area contributed by atoms with Gasteiger partial charge in [0.25, 0.3) is 5.91 Å². The molecular weight excluding hydrogens is 360 g/mol. The van der Waals surface area contributed by atoms with Crippen molar-refractivity contribution in [1.82, 2.24) is 5.32 Å². The summed E-state index contributed by atoms with van der Waals surface area (Å²) in [6.07, 6.45) is 4.27. The van der Waals surface area contributed by atoms with Gasteiger partial charge in [-0.05, 0) is 49.4 Å². The highest BCUT2D eigenvalue weighted by molar-refractivity contribution is 7.98. The average Bonchev–Trinajstić information content (AvgIpc) is 3.50. The Hall–Kier alpha value is -2.60. The van der Waals surface area contributed by atoms with Crippen LogP contribution in [0.5, 0.6) is 0 Å². The van der Waals surface area contributed by atoms with Gasteiger partial charge in [0.2, 0.25) is 5.91 Å².